The zero-order valence-electron chi connectivity index (χ0n) is 10.6. The van der Waals surface area contributed by atoms with E-state index in [9.17, 15) is 0 Å². The molecular formula is C16H23N. The number of hydrogen-bond donors (Lipinski definition) is 1. The highest BCUT2D eigenvalue weighted by Crippen LogP contribution is 2.22. The lowest BCUT2D eigenvalue weighted by molar-refractivity contribution is 0.347. The van der Waals surface area contributed by atoms with Crippen molar-refractivity contribution in [1.82, 2.24) is 5.32 Å². The van der Waals surface area contributed by atoms with E-state index < -0.39 is 0 Å². The van der Waals surface area contributed by atoms with Crippen molar-refractivity contribution in [3.63, 3.8) is 0 Å². The monoisotopic (exact) mass is 229 g/mol. The summed E-state index contributed by atoms with van der Waals surface area (Å²) in [5, 5.41) is 3.54. The van der Waals surface area contributed by atoms with Gasteiger partial charge in [0, 0.05) is 6.54 Å². The van der Waals surface area contributed by atoms with Gasteiger partial charge < -0.3 is 5.32 Å². The molecule has 0 aliphatic heterocycles. The van der Waals surface area contributed by atoms with Crippen LogP contribution in [0.15, 0.2) is 36.4 Å². The zero-order chi connectivity index (χ0) is 11.8. The summed E-state index contributed by atoms with van der Waals surface area (Å²) < 4.78 is 0. The number of benzene rings is 1. The molecule has 1 aromatic rings. The van der Waals surface area contributed by atoms with Crippen molar-refractivity contribution < 1.29 is 0 Å². The molecule has 0 amide bonds. The van der Waals surface area contributed by atoms with Gasteiger partial charge in [0.2, 0.25) is 0 Å². The largest absolute Gasteiger partial charge is 0.313 e. The SMILES string of the molecule is C(=C\c1ccccc1)/CNCC1CCCCC1. The first-order chi connectivity index (χ1) is 8.45. The van der Waals surface area contributed by atoms with E-state index in [1.54, 1.807) is 0 Å². The van der Waals surface area contributed by atoms with Crippen LogP contribution in [0, 0.1) is 5.92 Å². The minimum atomic E-state index is 0.925. The first-order valence-corrected chi connectivity index (χ1v) is 6.87. The highest BCUT2D eigenvalue weighted by molar-refractivity contribution is 5.48. The molecule has 0 heterocycles. The van der Waals surface area contributed by atoms with E-state index in [-0.39, 0.29) is 0 Å². The van der Waals surface area contributed by atoms with Crippen molar-refractivity contribution in [2.75, 3.05) is 13.1 Å². The van der Waals surface area contributed by atoms with Crippen LogP contribution in [0.2, 0.25) is 0 Å². The fraction of sp³-hybridized carbons (Fsp3) is 0.500. The van der Waals surface area contributed by atoms with Gasteiger partial charge in [0.15, 0.2) is 0 Å². The Morgan fingerprint density at radius 2 is 1.82 bits per heavy atom. The molecule has 1 nitrogen and oxygen atoms in total. The van der Waals surface area contributed by atoms with Crippen LogP contribution in [0.5, 0.6) is 0 Å². The highest BCUT2D eigenvalue weighted by Gasteiger charge is 2.11. The fourth-order valence-corrected chi connectivity index (χ4v) is 2.52. The Balaban J connectivity index is 1.61. The van der Waals surface area contributed by atoms with Crippen LogP contribution in [-0.2, 0) is 0 Å². The average molecular weight is 229 g/mol. The molecule has 0 bridgehead atoms. The van der Waals surface area contributed by atoms with Gasteiger partial charge in [0.05, 0.1) is 0 Å². The van der Waals surface area contributed by atoms with Gasteiger partial charge in [0.25, 0.3) is 0 Å². The zero-order valence-corrected chi connectivity index (χ0v) is 10.6. The summed E-state index contributed by atoms with van der Waals surface area (Å²) in [5.74, 6) is 0.925. The standard InChI is InChI=1S/C16H23N/c1-3-8-15(9-4-1)12-7-13-17-14-16-10-5-2-6-11-16/h1,3-4,7-9,12,16-17H,2,5-6,10-11,13-14H2/b12-7+. The van der Waals surface area contributed by atoms with Gasteiger partial charge in [0.1, 0.15) is 0 Å². The van der Waals surface area contributed by atoms with Gasteiger partial charge >= 0.3 is 0 Å². The average Bonchev–Trinajstić information content (AvgIpc) is 2.41. The molecule has 1 aromatic carbocycles. The molecule has 0 atom stereocenters. The van der Waals surface area contributed by atoms with E-state index in [4.69, 9.17) is 0 Å². The summed E-state index contributed by atoms with van der Waals surface area (Å²) in [4.78, 5) is 0. The minimum Gasteiger partial charge on any atom is -0.313 e. The van der Waals surface area contributed by atoms with Crippen LogP contribution < -0.4 is 5.32 Å². The first kappa shape index (κ1) is 12.4. The quantitative estimate of drug-likeness (QED) is 0.756. The highest BCUT2D eigenvalue weighted by atomic mass is 14.8. The lowest BCUT2D eigenvalue weighted by Gasteiger charge is -2.21. The van der Waals surface area contributed by atoms with Crippen LogP contribution in [0.25, 0.3) is 6.08 Å². The summed E-state index contributed by atoms with van der Waals surface area (Å²) >= 11 is 0. The van der Waals surface area contributed by atoms with Crippen molar-refractivity contribution in [3.8, 4) is 0 Å². The van der Waals surface area contributed by atoms with Crippen molar-refractivity contribution in [3.05, 3.63) is 42.0 Å². The topological polar surface area (TPSA) is 12.0 Å². The third kappa shape index (κ3) is 4.74. The molecule has 1 N–H and O–H groups in total. The van der Waals surface area contributed by atoms with E-state index in [1.165, 1.54) is 44.2 Å². The Bertz CT molecular complexity index is 323. The summed E-state index contributed by atoms with van der Waals surface area (Å²) in [5.41, 5.74) is 1.28. The number of rotatable bonds is 5. The molecule has 0 unspecified atom stereocenters. The van der Waals surface area contributed by atoms with Gasteiger partial charge in [-0.15, -0.1) is 0 Å². The Hall–Kier alpha value is -1.08. The first-order valence-electron chi connectivity index (χ1n) is 6.87. The molecule has 2 rings (SSSR count). The van der Waals surface area contributed by atoms with E-state index in [1.807, 2.05) is 0 Å². The van der Waals surface area contributed by atoms with Gasteiger partial charge in [-0.2, -0.15) is 0 Å². The van der Waals surface area contributed by atoms with E-state index in [0.717, 1.165) is 12.5 Å². The van der Waals surface area contributed by atoms with Crippen molar-refractivity contribution in [2.24, 2.45) is 5.92 Å². The van der Waals surface area contributed by atoms with Crippen molar-refractivity contribution in [2.45, 2.75) is 32.1 Å². The second kappa shape index (κ2) is 7.29. The molecule has 1 saturated carbocycles. The second-order valence-electron chi connectivity index (χ2n) is 4.98. The van der Waals surface area contributed by atoms with Crippen molar-refractivity contribution >= 4 is 6.08 Å². The maximum Gasteiger partial charge on any atom is 0.0138 e. The normalized spacial score (nSPS) is 17.6. The molecule has 1 fully saturated rings. The smallest absolute Gasteiger partial charge is 0.0138 e. The molecule has 0 spiro atoms. The van der Waals surface area contributed by atoms with E-state index in [2.05, 4.69) is 47.8 Å². The molecule has 1 aliphatic rings. The van der Waals surface area contributed by atoms with Crippen LogP contribution in [-0.4, -0.2) is 13.1 Å². The summed E-state index contributed by atoms with van der Waals surface area (Å²) in [6.07, 6.45) is 11.6. The Morgan fingerprint density at radius 3 is 2.59 bits per heavy atom. The molecule has 1 aliphatic carbocycles. The number of nitrogens with one attached hydrogen (secondary N) is 1. The summed E-state index contributed by atoms with van der Waals surface area (Å²) in [6, 6.07) is 10.5. The van der Waals surface area contributed by atoms with Crippen LogP contribution >= 0.6 is 0 Å². The Morgan fingerprint density at radius 1 is 1.06 bits per heavy atom. The Labute approximate surface area is 105 Å². The minimum absolute atomic E-state index is 0.925. The molecule has 0 saturated heterocycles. The predicted molar refractivity (Wildman–Crippen MR) is 74.9 cm³/mol. The molecule has 0 aromatic heterocycles. The van der Waals surface area contributed by atoms with Gasteiger partial charge in [-0.05, 0) is 30.9 Å². The molecule has 92 valence electrons. The predicted octanol–water partition coefficient (Wildman–Crippen LogP) is 3.87. The maximum absolute atomic E-state index is 3.54. The summed E-state index contributed by atoms with van der Waals surface area (Å²) in [6.45, 7) is 2.19. The van der Waals surface area contributed by atoms with E-state index >= 15 is 0 Å². The van der Waals surface area contributed by atoms with Gasteiger partial charge in [-0.3, -0.25) is 0 Å². The lowest BCUT2D eigenvalue weighted by Crippen LogP contribution is -2.24. The van der Waals surface area contributed by atoms with Gasteiger partial charge in [-0.1, -0.05) is 61.7 Å². The molecule has 17 heavy (non-hydrogen) atoms. The van der Waals surface area contributed by atoms with Crippen LogP contribution in [0.1, 0.15) is 37.7 Å². The molecule has 0 radical (unpaired) electrons. The molecular weight excluding hydrogens is 206 g/mol. The Kier molecular flexibility index (Phi) is 5.31. The van der Waals surface area contributed by atoms with Gasteiger partial charge in [-0.25, -0.2) is 0 Å². The third-order valence-corrected chi connectivity index (χ3v) is 3.53. The number of hydrogen-bond acceptors (Lipinski definition) is 1. The van der Waals surface area contributed by atoms with Crippen LogP contribution in [0.4, 0.5) is 0 Å². The fourth-order valence-electron chi connectivity index (χ4n) is 2.52. The maximum atomic E-state index is 3.54. The summed E-state index contributed by atoms with van der Waals surface area (Å²) in [7, 11) is 0. The van der Waals surface area contributed by atoms with Crippen LogP contribution in [0.3, 0.4) is 0 Å². The van der Waals surface area contributed by atoms with Crippen molar-refractivity contribution in [1.29, 1.82) is 0 Å². The molecule has 1 heteroatoms. The lowest BCUT2D eigenvalue weighted by atomic mass is 9.89. The second-order valence-corrected chi connectivity index (χ2v) is 4.98. The van der Waals surface area contributed by atoms with E-state index in [0.29, 0.717) is 0 Å². The third-order valence-electron chi connectivity index (χ3n) is 3.53.